The number of amides is 1. The zero-order valence-corrected chi connectivity index (χ0v) is 10.0. The number of hydrogen-bond acceptors (Lipinski definition) is 3. The van der Waals surface area contributed by atoms with Gasteiger partial charge in [-0.15, -0.1) is 11.8 Å². The van der Waals surface area contributed by atoms with Crippen molar-refractivity contribution in [3.63, 3.8) is 0 Å². The van der Waals surface area contributed by atoms with E-state index in [-0.39, 0.29) is 5.91 Å². The summed E-state index contributed by atoms with van der Waals surface area (Å²) in [5.74, 6) is -0.177. The maximum absolute atomic E-state index is 11.7. The van der Waals surface area contributed by atoms with Crippen molar-refractivity contribution in [2.75, 3.05) is 11.6 Å². The summed E-state index contributed by atoms with van der Waals surface area (Å²) >= 11 is 1.59. The number of anilines is 1. The van der Waals surface area contributed by atoms with Gasteiger partial charge in [-0.3, -0.25) is 4.79 Å². The molecular weight excluding hydrogens is 208 g/mol. The molecule has 0 radical (unpaired) electrons. The summed E-state index contributed by atoms with van der Waals surface area (Å²) in [5, 5.41) is 2.82. The highest BCUT2D eigenvalue weighted by Crippen LogP contribution is 2.24. The molecular formula is C11H16N2OS. The second-order valence-electron chi connectivity index (χ2n) is 3.88. The Morgan fingerprint density at radius 2 is 2.00 bits per heavy atom. The molecule has 0 spiro atoms. The van der Waals surface area contributed by atoms with Crippen LogP contribution >= 0.6 is 11.8 Å². The van der Waals surface area contributed by atoms with Gasteiger partial charge in [0.1, 0.15) is 0 Å². The molecule has 1 aromatic rings. The minimum Gasteiger partial charge on any atom is -0.323 e. The SMILES string of the molecule is CSc1ccccc1NC(=O)C(C)(C)N. The van der Waals surface area contributed by atoms with Crippen molar-refractivity contribution in [3.05, 3.63) is 24.3 Å². The van der Waals surface area contributed by atoms with Crippen LogP contribution in [0.1, 0.15) is 13.8 Å². The zero-order valence-electron chi connectivity index (χ0n) is 9.20. The first kappa shape index (κ1) is 12.1. The number of para-hydroxylation sites is 1. The molecule has 15 heavy (non-hydrogen) atoms. The molecule has 0 saturated heterocycles. The molecule has 0 aliphatic heterocycles. The number of carbonyl (C=O) groups excluding carboxylic acids is 1. The van der Waals surface area contributed by atoms with Crippen molar-refractivity contribution in [2.24, 2.45) is 5.73 Å². The summed E-state index contributed by atoms with van der Waals surface area (Å²) in [6.45, 7) is 3.37. The Bertz CT molecular complexity index is 358. The normalized spacial score (nSPS) is 11.2. The molecule has 0 aliphatic carbocycles. The first-order chi connectivity index (χ1) is 6.95. The van der Waals surface area contributed by atoms with Crippen LogP contribution in [0, 0.1) is 0 Å². The Morgan fingerprint density at radius 1 is 1.40 bits per heavy atom. The van der Waals surface area contributed by atoms with E-state index in [0.29, 0.717) is 0 Å². The Morgan fingerprint density at radius 3 is 2.53 bits per heavy atom. The van der Waals surface area contributed by atoms with E-state index < -0.39 is 5.54 Å². The molecule has 0 unspecified atom stereocenters. The van der Waals surface area contributed by atoms with Crippen molar-refractivity contribution in [1.82, 2.24) is 0 Å². The lowest BCUT2D eigenvalue weighted by Gasteiger charge is -2.18. The summed E-state index contributed by atoms with van der Waals surface area (Å²) in [5.41, 5.74) is 5.66. The molecule has 1 amide bonds. The van der Waals surface area contributed by atoms with E-state index in [1.807, 2.05) is 30.5 Å². The van der Waals surface area contributed by atoms with E-state index in [0.717, 1.165) is 10.6 Å². The molecule has 4 heteroatoms. The van der Waals surface area contributed by atoms with Crippen molar-refractivity contribution in [3.8, 4) is 0 Å². The molecule has 0 heterocycles. The quantitative estimate of drug-likeness (QED) is 0.773. The molecule has 82 valence electrons. The molecule has 0 fully saturated rings. The van der Waals surface area contributed by atoms with Gasteiger partial charge in [-0.1, -0.05) is 12.1 Å². The number of carbonyl (C=O) groups is 1. The summed E-state index contributed by atoms with van der Waals surface area (Å²) in [6.07, 6.45) is 1.97. The van der Waals surface area contributed by atoms with Crippen LogP contribution in [0.3, 0.4) is 0 Å². The molecule has 0 atom stereocenters. The Kier molecular flexibility index (Phi) is 3.77. The third-order valence-electron chi connectivity index (χ3n) is 1.94. The first-order valence-corrected chi connectivity index (χ1v) is 5.91. The number of nitrogens with one attached hydrogen (secondary N) is 1. The number of benzene rings is 1. The lowest BCUT2D eigenvalue weighted by Crippen LogP contribution is -2.45. The number of rotatable bonds is 3. The average Bonchev–Trinajstić information content (AvgIpc) is 2.17. The maximum atomic E-state index is 11.7. The van der Waals surface area contributed by atoms with E-state index in [1.165, 1.54) is 0 Å². The van der Waals surface area contributed by atoms with Gasteiger partial charge in [0.15, 0.2) is 0 Å². The highest BCUT2D eigenvalue weighted by Gasteiger charge is 2.22. The van der Waals surface area contributed by atoms with Crippen LogP contribution in [-0.4, -0.2) is 17.7 Å². The number of hydrogen-bond donors (Lipinski definition) is 2. The molecule has 3 N–H and O–H groups in total. The maximum Gasteiger partial charge on any atom is 0.243 e. The topological polar surface area (TPSA) is 55.1 Å². The lowest BCUT2D eigenvalue weighted by molar-refractivity contribution is -0.120. The van der Waals surface area contributed by atoms with E-state index in [2.05, 4.69) is 5.32 Å². The Balaban J connectivity index is 2.85. The molecule has 1 rings (SSSR count). The van der Waals surface area contributed by atoms with Gasteiger partial charge in [0, 0.05) is 4.90 Å². The lowest BCUT2D eigenvalue weighted by atomic mass is 10.1. The monoisotopic (exact) mass is 224 g/mol. The van der Waals surface area contributed by atoms with E-state index in [4.69, 9.17) is 5.73 Å². The van der Waals surface area contributed by atoms with Gasteiger partial charge in [-0.25, -0.2) is 0 Å². The number of nitrogens with two attached hydrogens (primary N) is 1. The standard InChI is InChI=1S/C11H16N2OS/c1-11(2,12)10(14)13-8-6-4-5-7-9(8)15-3/h4-7H,12H2,1-3H3,(H,13,14). The molecule has 0 aliphatic rings. The van der Waals surface area contributed by atoms with Crippen molar-refractivity contribution >= 4 is 23.4 Å². The largest absolute Gasteiger partial charge is 0.323 e. The summed E-state index contributed by atoms with van der Waals surface area (Å²) in [7, 11) is 0. The van der Waals surface area contributed by atoms with Crippen molar-refractivity contribution in [2.45, 2.75) is 24.3 Å². The molecule has 0 bridgehead atoms. The second kappa shape index (κ2) is 4.68. The van der Waals surface area contributed by atoms with Gasteiger partial charge in [0.2, 0.25) is 5.91 Å². The van der Waals surface area contributed by atoms with E-state index in [9.17, 15) is 4.79 Å². The highest BCUT2D eigenvalue weighted by atomic mass is 32.2. The number of thioether (sulfide) groups is 1. The van der Waals surface area contributed by atoms with Crippen LogP contribution < -0.4 is 11.1 Å². The summed E-state index contributed by atoms with van der Waals surface area (Å²) in [4.78, 5) is 12.7. The van der Waals surface area contributed by atoms with Gasteiger partial charge >= 0.3 is 0 Å². The van der Waals surface area contributed by atoms with Crippen LogP contribution in [0.2, 0.25) is 0 Å². The Labute approximate surface area is 94.4 Å². The zero-order chi connectivity index (χ0) is 11.5. The highest BCUT2D eigenvalue weighted by molar-refractivity contribution is 7.98. The van der Waals surface area contributed by atoms with Gasteiger partial charge < -0.3 is 11.1 Å². The summed E-state index contributed by atoms with van der Waals surface area (Å²) in [6, 6.07) is 7.66. The van der Waals surface area contributed by atoms with Crippen LogP contribution in [0.15, 0.2) is 29.2 Å². The predicted octanol–water partition coefficient (Wildman–Crippen LogP) is 2.08. The predicted molar refractivity (Wildman–Crippen MR) is 65.1 cm³/mol. The van der Waals surface area contributed by atoms with E-state index >= 15 is 0 Å². The fourth-order valence-electron chi connectivity index (χ4n) is 1.03. The minimum absolute atomic E-state index is 0.177. The average molecular weight is 224 g/mol. The Hall–Kier alpha value is -1.00. The first-order valence-electron chi connectivity index (χ1n) is 4.68. The smallest absolute Gasteiger partial charge is 0.243 e. The van der Waals surface area contributed by atoms with E-state index in [1.54, 1.807) is 25.6 Å². The van der Waals surface area contributed by atoms with Crippen molar-refractivity contribution in [1.29, 1.82) is 0 Å². The van der Waals surface area contributed by atoms with Gasteiger partial charge in [0.25, 0.3) is 0 Å². The molecule has 0 saturated carbocycles. The van der Waals surface area contributed by atoms with Crippen molar-refractivity contribution < 1.29 is 4.79 Å². The second-order valence-corrected chi connectivity index (χ2v) is 4.72. The molecule has 0 aromatic heterocycles. The summed E-state index contributed by atoms with van der Waals surface area (Å²) < 4.78 is 0. The van der Waals surface area contributed by atoms with Gasteiger partial charge in [-0.05, 0) is 32.2 Å². The van der Waals surface area contributed by atoms with Crippen LogP contribution in [0.5, 0.6) is 0 Å². The minimum atomic E-state index is -0.856. The van der Waals surface area contributed by atoms with Gasteiger partial charge in [0.05, 0.1) is 11.2 Å². The van der Waals surface area contributed by atoms with Gasteiger partial charge in [-0.2, -0.15) is 0 Å². The van der Waals surface area contributed by atoms with Crippen LogP contribution in [0.4, 0.5) is 5.69 Å². The third-order valence-corrected chi connectivity index (χ3v) is 2.74. The van der Waals surface area contributed by atoms with Crippen LogP contribution in [0.25, 0.3) is 0 Å². The molecule has 1 aromatic carbocycles. The third kappa shape index (κ3) is 3.25. The fraction of sp³-hybridized carbons (Fsp3) is 0.364. The fourth-order valence-corrected chi connectivity index (χ4v) is 1.58. The molecule has 3 nitrogen and oxygen atoms in total. The van der Waals surface area contributed by atoms with Crippen LogP contribution in [-0.2, 0) is 4.79 Å².